The zero-order valence-electron chi connectivity index (χ0n) is 15.5. The third-order valence-electron chi connectivity index (χ3n) is 4.29. The summed E-state index contributed by atoms with van der Waals surface area (Å²) < 4.78 is 11.7. The largest absolute Gasteiger partial charge is 0.451 e. The molecule has 8 nitrogen and oxygen atoms in total. The van der Waals surface area contributed by atoms with Crippen LogP contribution in [0.25, 0.3) is 10.8 Å². The summed E-state index contributed by atoms with van der Waals surface area (Å²) in [5.74, 6) is -0.806. The summed E-state index contributed by atoms with van der Waals surface area (Å²) in [6.45, 7) is 5.87. The molecule has 0 saturated carbocycles. The highest BCUT2D eigenvalue weighted by molar-refractivity contribution is 6.02. The van der Waals surface area contributed by atoms with Crippen LogP contribution in [-0.2, 0) is 20.8 Å². The fraction of sp³-hybridized carbons (Fsp3) is 0.474. The van der Waals surface area contributed by atoms with Crippen LogP contribution in [0.2, 0.25) is 0 Å². The quantitative estimate of drug-likeness (QED) is 0.728. The molecule has 27 heavy (non-hydrogen) atoms. The Hall–Kier alpha value is -2.74. The molecule has 0 N–H and O–H groups in total. The first-order chi connectivity index (χ1) is 13.0. The van der Waals surface area contributed by atoms with E-state index in [0.717, 1.165) is 0 Å². The van der Waals surface area contributed by atoms with Crippen LogP contribution in [0, 0.1) is 5.92 Å². The second-order valence-electron chi connectivity index (χ2n) is 6.84. The summed E-state index contributed by atoms with van der Waals surface area (Å²) in [5.41, 5.74) is -0.208. The molecule has 1 aliphatic rings. The molecule has 0 aliphatic carbocycles. The van der Waals surface area contributed by atoms with Crippen LogP contribution in [0.1, 0.15) is 24.3 Å². The molecule has 0 radical (unpaired) electrons. The topological polar surface area (TPSA) is 90.7 Å². The molecule has 0 spiro atoms. The van der Waals surface area contributed by atoms with Crippen molar-refractivity contribution in [1.29, 1.82) is 0 Å². The number of aromatic nitrogens is 2. The van der Waals surface area contributed by atoms with E-state index in [1.165, 1.54) is 4.68 Å². The van der Waals surface area contributed by atoms with Crippen molar-refractivity contribution in [2.45, 2.75) is 20.4 Å². The Labute approximate surface area is 156 Å². The lowest BCUT2D eigenvalue weighted by Crippen LogP contribution is -2.42. The lowest BCUT2D eigenvalue weighted by molar-refractivity contribution is -0.138. The Morgan fingerprint density at radius 1 is 1.19 bits per heavy atom. The number of amides is 1. The van der Waals surface area contributed by atoms with E-state index in [-0.39, 0.29) is 29.7 Å². The number of hydrogen-bond donors (Lipinski definition) is 0. The second kappa shape index (κ2) is 8.30. The fourth-order valence-electron chi connectivity index (χ4n) is 2.96. The van der Waals surface area contributed by atoms with Gasteiger partial charge in [0, 0.05) is 25.0 Å². The lowest BCUT2D eigenvalue weighted by atomic mass is 10.1. The number of ether oxygens (including phenoxy) is 2. The highest BCUT2D eigenvalue weighted by Crippen LogP contribution is 2.15. The van der Waals surface area contributed by atoms with Crippen LogP contribution in [-0.4, -0.2) is 59.5 Å². The van der Waals surface area contributed by atoms with E-state index < -0.39 is 5.97 Å². The van der Waals surface area contributed by atoms with Gasteiger partial charge in [0.2, 0.25) is 0 Å². The van der Waals surface area contributed by atoms with Crippen molar-refractivity contribution in [3.05, 3.63) is 40.3 Å². The number of hydrogen-bond acceptors (Lipinski definition) is 6. The van der Waals surface area contributed by atoms with E-state index in [2.05, 4.69) is 5.10 Å². The molecule has 2 aromatic rings. The van der Waals surface area contributed by atoms with Gasteiger partial charge in [0.1, 0.15) is 0 Å². The number of carbonyl (C=O) groups is 2. The molecule has 1 aromatic heterocycles. The standard InChI is InChI=1S/C19H23N3O5/c1-13(2)11-22-18(24)15-6-4-3-5-14(15)17(20-22)19(25)27-12-16(23)21-7-9-26-10-8-21/h3-6,13H,7-12H2,1-2H3. The van der Waals surface area contributed by atoms with Crippen molar-refractivity contribution < 1.29 is 19.1 Å². The van der Waals surface area contributed by atoms with Gasteiger partial charge in [0.25, 0.3) is 11.5 Å². The minimum atomic E-state index is -0.717. The maximum Gasteiger partial charge on any atom is 0.359 e. The molecule has 1 aliphatic heterocycles. The van der Waals surface area contributed by atoms with Crippen molar-refractivity contribution in [3.8, 4) is 0 Å². The van der Waals surface area contributed by atoms with Gasteiger partial charge in [-0.2, -0.15) is 5.10 Å². The van der Waals surface area contributed by atoms with Crippen molar-refractivity contribution in [1.82, 2.24) is 14.7 Å². The number of morpholine rings is 1. The molecule has 3 rings (SSSR count). The molecule has 1 amide bonds. The van der Waals surface area contributed by atoms with Gasteiger partial charge in [-0.1, -0.05) is 32.0 Å². The molecule has 0 bridgehead atoms. The SMILES string of the molecule is CC(C)Cn1nc(C(=O)OCC(=O)N2CCOCC2)c2ccccc2c1=O. The summed E-state index contributed by atoms with van der Waals surface area (Å²) in [7, 11) is 0. The molecular weight excluding hydrogens is 350 g/mol. The molecule has 144 valence electrons. The lowest BCUT2D eigenvalue weighted by Gasteiger charge is -2.26. The number of esters is 1. The van der Waals surface area contributed by atoms with Crippen molar-refractivity contribution in [2.75, 3.05) is 32.9 Å². The third kappa shape index (κ3) is 4.33. The first-order valence-corrected chi connectivity index (χ1v) is 9.00. The minimum Gasteiger partial charge on any atom is -0.451 e. The average Bonchev–Trinajstić information content (AvgIpc) is 2.68. The Balaban J connectivity index is 1.84. The molecule has 1 fully saturated rings. The Morgan fingerprint density at radius 2 is 1.85 bits per heavy atom. The summed E-state index contributed by atoms with van der Waals surface area (Å²) in [6, 6.07) is 6.78. The summed E-state index contributed by atoms with van der Waals surface area (Å²) in [5, 5.41) is 5.04. The van der Waals surface area contributed by atoms with E-state index in [1.54, 1.807) is 29.2 Å². The van der Waals surface area contributed by atoms with Gasteiger partial charge in [-0.05, 0) is 12.0 Å². The fourth-order valence-corrected chi connectivity index (χ4v) is 2.96. The van der Waals surface area contributed by atoms with E-state index in [1.807, 2.05) is 13.8 Å². The maximum atomic E-state index is 12.6. The van der Waals surface area contributed by atoms with Gasteiger partial charge in [-0.25, -0.2) is 9.48 Å². The Morgan fingerprint density at radius 3 is 2.52 bits per heavy atom. The number of rotatable bonds is 5. The van der Waals surface area contributed by atoms with Crippen LogP contribution in [0.3, 0.4) is 0 Å². The Bertz CT molecular complexity index is 900. The molecule has 1 saturated heterocycles. The zero-order chi connectivity index (χ0) is 19.4. The number of nitrogens with zero attached hydrogens (tertiary/aromatic N) is 3. The smallest absolute Gasteiger partial charge is 0.359 e. The minimum absolute atomic E-state index is 0.0422. The van der Waals surface area contributed by atoms with Gasteiger partial charge in [0.05, 0.1) is 18.6 Å². The Kier molecular flexibility index (Phi) is 5.85. The summed E-state index contributed by atoms with van der Waals surface area (Å²) in [4.78, 5) is 39.0. The van der Waals surface area contributed by atoms with E-state index >= 15 is 0 Å². The number of benzene rings is 1. The van der Waals surface area contributed by atoms with Crippen LogP contribution < -0.4 is 5.56 Å². The number of fused-ring (bicyclic) bond motifs is 1. The molecule has 2 heterocycles. The van der Waals surface area contributed by atoms with Gasteiger partial charge in [-0.3, -0.25) is 9.59 Å². The third-order valence-corrected chi connectivity index (χ3v) is 4.29. The molecule has 8 heteroatoms. The van der Waals surface area contributed by atoms with Crippen LogP contribution in [0.15, 0.2) is 29.1 Å². The highest BCUT2D eigenvalue weighted by atomic mass is 16.5. The van der Waals surface area contributed by atoms with Crippen LogP contribution >= 0.6 is 0 Å². The van der Waals surface area contributed by atoms with Crippen molar-refractivity contribution in [3.63, 3.8) is 0 Å². The van der Waals surface area contributed by atoms with Crippen molar-refractivity contribution >= 4 is 22.6 Å². The molecule has 0 atom stereocenters. The van der Waals surface area contributed by atoms with E-state index in [4.69, 9.17) is 9.47 Å². The predicted octanol–water partition coefficient (Wildman–Crippen LogP) is 1.07. The number of carbonyl (C=O) groups excluding carboxylic acids is 2. The van der Waals surface area contributed by atoms with Gasteiger partial charge in [-0.15, -0.1) is 0 Å². The van der Waals surface area contributed by atoms with Gasteiger partial charge >= 0.3 is 5.97 Å². The van der Waals surface area contributed by atoms with Crippen LogP contribution in [0.5, 0.6) is 0 Å². The summed E-state index contributed by atoms with van der Waals surface area (Å²) >= 11 is 0. The monoisotopic (exact) mass is 373 g/mol. The first kappa shape index (κ1) is 19.0. The maximum absolute atomic E-state index is 12.6. The van der Waals surface area contributed by atoms with Crippen molar-refractivity contribution in [2.24, 2.45) is 5.92 Å². The summed E-state index contributed by atoms with van der Waals surface area (Å²) in [6.07, 6.45) is 0. The second-order valence-corrected chi connectivity index (χ2v) is 6.84. The first-order valence-electron chi connectivity index (χ1n) is 9.00. The molecule has 1 aromatic carbocycles. The van der Waals surface area contributed by atoms with E-state index in [0.29, 0.717) is 43.6 Å². The average molecular weight is 373 g/mol. The van der Waals surface area contributed by atoms with Gasteiger partial charge in [0.15, 0.2) is 12.3 Å². The van der Waals surface area contributed by atoms with Gasteiger partial charge < -0.3 is 14.4 Å². The zero-order valence-corrected chi connectivity index (χ0v) is 15.5. The van der Waals surface area contributed by atoms with E-state index in [9.17, 15) is 14.4 Å². The molecular formula is C19H23N3O5. The molecule has 0 unspecified atom stereocenters. The highest BCUT2D eigenvalue weighted by Gasteiger charge is 2.22. The normalized spacial score (nSPS) is 14.6. The van der Waals surface area contributed by atoms with Crippen LogP contribution in [0.4, 0.5) is 0 Å². The predicted molar refractivity (Wildman–Crippen MR) is 98.5 cm³/mol.